The molecule has 1 heterocycles. The van der Waals surface area contributed by atoms with Crippen molar-refractivity contribution < 1.29 is 17.9 Å². The molecule has 24 heavy (non-hydrogen) atoms. The van der Waals surface area contributed by atoms with Gasteiger partial charge in [0, 0.05) is 24.2 Å². The molecule has 0 atom stereocenters. The number of hydrogen-bond acceptors (Lipinski definition) is 4. The van der Waals surface area contributed by atoms with Crippen LogP contribution in [0.1, 0.15) is 10.4 Å². The first-order valence-corrected chi connectivity index (χ1v) is 9.02. The smallest absolute Gasteiger partial charge is 0.249 e. The molecule has 2 N–H and O–H groups in total. The summed E-state index contributed by atoms with van der Waals surface area (Å²) >= 11 is 0. The summed E-state index contributed by atoms with van der Waals surface area (Å²) in [5.41, 5.74) is 6.65. The maximum absolute atomic E-state index is 13.1. The Morgan fingerprint density at radius 2 is 1.67 bits per heavy atom. The Kier molecular flexibility index (Phi) is 4.66. The number of benzene rings is 2. The average molecular weight is 346 g/mol. The number of nitrogens with two attached hydrogens (primary N) is 1. The molecule has 0 spiro atoms. The SMILES string of the molecule is NC(=O)c1cccc(S(=O)(=O)N2CCOCC2)c1-c1ccccc1. The number of amides is 1. The third-order valence-corrected chi connectivity index (χ3v) is 5.88. The van der Waals surface area contributed by atoms with Gasteiger partial charge in [-0.15, -0.1) is 0 Å². The summed E-state index contributed by atoms with van der Waals surface area (Å²) in [5, 5.41) is 0. The number of sulfonamides is 1. The first-order valence-electron chi connectivity index (χ1n) is 7.58. The van der Waals surface area contributed by atoms with Crippen molar-refractivity contribution in [1.82, 2.24) is 4.31 Å². The molecule has 1 aliphatic heterocycles. The standard InChI is InChI=1S/C17H18N2O4S/c18-17(20)14-7-4-8-15(16(14)13-5-2-1-3-6-13)24(21,22)19-9-11-23-12-10-19/h1-8H,9-12H2,(H2,18,20). The zero-order valence-electron chi connectivity index (χ0n) is 13.0. The summed E-state index contributed by atoms with van der Waals surface area (Å²) in [7, 11) is -3.75. The van der Waals surface area contributed by atoms with Gasteiger partial charge in [0.2, 0.25) is 15.9 Å². The maximum atomic E-state index is 13.1. The minimum Gasteiger partial charge on any atom is -0.379 e. The van der Waals surface area contributed by atoms with Crippen LogP contribution in [0.15, 0.2) is 53.4 Å². The molecule has 7 heteroatoms. The number of hydrogen-bond donors (Lipinski definition) is 1. The van der Waals surface area contributed by atoms with Gasteiger partial charge in [0.25, 0.3) is 0 Å². The van der Waals surface area contributed by atoms with Gasteiger partial charge < -0.3 is 10.5 Å². The van der Waals surface area contributed by atoms with Crippen molar-refractivity contribution in [3.63, 3.8) is 0 Å². The molecule has 126 valence electrons. The highest BCUT2D eigenvalue weighted by atomic mass is 32.2. The summed E-state index contributed by atoms with van der Waals surface area (Å²) < 4.78 is 32.8. The zero-order chi connectivity index (χ0) is 17.2. The Morgan fingerprint density at radius 3 is 2.29 bits per heavy atom. The molecule has 1 fully saturated rings. The van der Waals surface area contributed by atoms with Gasteiger partial charge in [-0.1, -0.05) is 36.4 Å². The molecule has 2 aromatic carbocycles. The largest absolute Gasteiger partial charge is 0.379 e. The summed E-state index contributed by atoms with van der Waals surface area (Å²) in [5.74, 6) is -0.659. The van der Waals surface area contributed by atoms with E-state index in [1.165, 1.54) is 10.4 Å². The fourth-order valence-electron chi connectivity index (χ4n) is 2.78. The van der Waals surface area contributed by atoms with E-state index < -0.39 is 15.9 Å². The molecular formula is C17H18N2O4S. The molecule has 6 nitrogen and oxygen atoms in total. The van der Waals surface area contributed by atoms with Crippen LogP contribution in [0.3, 0.4) is 0 Å². The molecule has 0 unspecified atom stereocenters. The molecule has 0 bridgehead atoms. The number of morpholine rings is 1. The van der Waals surface area contributed by atoms with Gasteiger partial charge in [-0.3, -0.25) is 4.79 Å². The topological polar surface area (TPSA) is 89.7 Å². The van der Waals surface area contributed by atoms with Crippen molar-refractivity contribution >= 4 is 15.9 Å². The van der Waals surface area contributed by atoms with Gasteiger partial charge in [0.15, 0.2) is 0 Å². The number of primary amides is 1. The van der Waals surface area contributed by atoms with Gasteiger partial charge in [-0.25, -0.2) is 8.42 Å². The van der Waals surface area contributed by atoms with E-state index in [9.17, 15) is 13.2 Å². The minimum absolute atomic E-state index is 0.0897. The van der Waals surface area contributed by atoms with Crippen LogP contribution in [-0.2, 0) is 14.8 Å². The number of nitrogens with zero attached hydrogens (tertiary/aromatic N) is 1. The second-order valence-corrected chi connectivity index (χ2v) is 7.33. The Hall–Kier alpha value is -2.22. The maximum Gasteiger partial charge on any atom is 0.249 e. The van der Waals surface area contributed by atoms with Crippen molar-refractivity contribution in [2.45, 2.75) is 4.90 Å². The molecule has 0 radical (unpaired) electrons. The van der Waals surface area contributed by atoms with E-state index in [4.69, 9.17) is 10.5 Å². The number of ether oxygens (including phenoxy) is 1. The van der Waals surface area contributed by atoms with E-state index in [1.807, 2.05) is 6.07 Å². The fourth-order valence-corrected chi connectivity index (χ4v) is 4.42. The molecule has 1 amide bonds. The highest BCUT2D eigenvalue weighted by molar-refractivity contribution is 7.89. The van der Waals surface area contributed by atoms with Crippen LogP contribution in [0.4, 0.5) is 0 Å². The van der Waals surface area contributed by atoms with Crippen LogP contribution >= 0.6 is 0 Å². The molecular weight excluding hydrogens is 328 g/mol. The lowest BCUT2D eigenvalue weighted by Gasteiger charge is -2.27. The molecule has 3 rings (SSSR count). The summed E-state index contributed by atoms with van der Waals surface area (Å²) in [6.45, 7) is 1.29. The summed E-state index contributed by atoms with van der Waals surface area (Å²) in [6, 6.07) is 13.5. The van der Waals surface area contributed by atoms with Crippen LogP contribution in [0, 0.1) is 0 Å². The first-order chi connectivity index (χ1) is 11.5. The first kappa shape index (κ1) is 16.6. The molecule has 1 aliphatic rings. The number of carbonyl (C=O) groups is 1. The van der Waals surface area contributed by atoms with E-state index in [2.05, 4.69) is 0 Å². The predicted octanol–water partition coefficient (Wildman–Crippen LogP) is 1.47. The van der Waals surface area contributed by atoms with Crippen molar-refractivity contribution in [3.8, 4) is 11.1 Å². The van der Waals surface area contributed by atoms with Crippen molar-refractivity contribution in [3.05, 3.63) is 54.1 Å². The van der Waals surface area contributed by atoms with Crippen LogP contribution in [0.25, 0.3) is 11.1 Å². The zero-order valence-corrected chi connectivity index (χ0v) is 13.8. The molecule has 0 aromatic heterocycles. The quantitative estimate of drug-likeness (QED) is 0.908. The minimum atomic E-state index is -3.75. The summed E-state index contributed by atoms with van der Waals surface area (Å²) in [6.07, 6.45) is 0. The van der Waals surface area contributed by atoms with Crippen molar-refractivity contribution in [1.29, 1.82) is 0 Å². The predicted molar refractivity (Wildman–Crippen MR) is 90.0 cm³/mol. The lowest BCUT2D eigenvalue weighted by atomic mass is 9.99. The average Bonchev–Trinajstić information content (AvgIpc) is 2.62. The van der Waals surface area contributed by atoms with E-state index >= 15 is 0 Å². The normalized spacial score (nSPS) is 16.0. The van der Waals surface area contributed by atoms with E-state index in [0.717, 1.165) is 0 Å². The second-order valence-electron chi connectivity index (χ2n) is 5.43. The van der Waals surface area contributed by atoms with E-state index in [0.29, 0.717) is 24.3 Å². The third kappa shape index (κ3) is 3.06. The van der Waals surface area contributed by atoms with Gasteiger partial charge >= 0.3 is 0 Å². The lowest BCUT2D eigenvalue weighted by Crippen LogP contribution is -2.40. The van der Waals surface area contributed by atoms with E-state index in [-0.39, 0.29) is 23.5 Å². The van der Waals surface area contributed by atoms with Gasteiger partial charge in [-0.05, 0) is 17.7 Å². The van der Waals surface area contributed by atoms with Gasteiger partial charge in [0.1, 0.15) is 0 Å². The number of rotatable bonds is 4. The Labute approximate surface area is 140 Å². The Morgan fingerprint density at radius 1 is 1.00 bits per heavy atom. The Bertz CT molecular complexity index is 844. The second kappa shape index (κ2) is 6.72. The van der Waals surface area contributed by atoms with Crippen LogP contribution in [0.2, 0.25) is 0 Å². The van der Waals surface area contributed by atoms with Crippen molar-refractivity contribution in [2.24, 2.45) is 5.73 Å². The Balaban J connectivity index is 2.21. The number of carbonyl (C=O) groups excluding carboxylic acids is 1. The monoisotopic (exact) mass is 346 g/mol. The molecule has 1 saturated heterocycles. The van der Waals surface area contributed by atoms with Crippen LogP contribution in [-0.4, -0.2) is 44.9 Å². The highest BCUT2D eigenvalue weighted by Gasteiger charge is 2.30. The van der Waals surface area contributed by atoms with E-state index in [1.54, 1.807) is 36.4 Å². The molecule has 0 aliphatic carbocycles. The van der Waals surface area contributed by atoms with Crippen molar-refractivity contribution in [2.75, 3.05) is 26.3 Å². The van der Waals surface area contributed by atoms with Gasteiger partial charge in [-0.2, -0.15) is 4.31 Å². The van der Waals surface area contributed by atoms with Crippen LogP contribution < -0.4 is 5.73 Å². The molecule has 2 aromatic rings. The summed E-state index contributed by atoms with van der Waals surface area (Å²) in [4.78, 5) is 11.9. The van der Waals surface area contributed by atoms with Gasteiger partial charge in [0.05, 0.1) is 18.1 Å². The fraction of sp³-hybridized carbons (Fsp3) is 0.235. The van der Waals surface area contributed by atoms with Crippen LogP contribution in [0.5, 0.6) is 0 Å². The highest BCUT2D eigenvalue weighted by Crippen LogP contribution is 2.32. The molecule has 0 saturated carbocycles. The lowest BCUT2D eigenvalue weighted by molar-refractivity contribution is 0.0730. The third-order valence-electron chi connectivity index (χ3n) is 3.94.